The fourth-order valence-corrected chi connectivity index (χ4v) is 3.03. The maximum absolute atomic E-state index is 11.7. The third kappa shape index (κ3) is 4.94. The molecule has 0 spiro atoms. The van der Waals surface area contributed by atoms with Gasteiger partial charge in [-0.15, -0.1) is 0 Å². The summed E-state index contributed by atoms with van der Waals surface area (Å²) in [5.74, 6) is 0.00584. The predicted molar refractivity (Wildman–Crippen MR) is 89.8 cm³/mol. The Labute approximate surface area is 132 Å². The first-order valence-electron chi connectivity index (χ1n) is 7.24. The van der Waals surface area contributed by atoms with Gasteiger partial charge in [-0.2, -0.15) is 0 Å². The molecule has 118 valence electrons. The Morgan fingerprint density at radius 2 is 1.55 bits per heavy atom. The van der Waals surface area contributed by atoms with Crippen molar-refractivity contribution in [1.29, 1.82) is 0 Å². The number of rotatable bonds is 7. The highest BCUT2D eigenvalue weighted by atomic mass is 32.2. The van der Waals surface area contributed by atoms with Gasteiger partial charge in [0.1, 0.15) is 0 Å². The lowest BCUT2D eigenvalue weighted by molar-refractivity contribution is 0.587. The van der Waals surface area contributed by atoms with Gasteiger partial charge in [0.05, 0.1) is 5.75 Å². The minimum Gasteiger partial charge on any atom is -0.309 e. The highest BCUT2D eigenvalue weighted by molar-refractivity contribution is 7.88. The molecule has 2 rings (SSSR count). The van der Waals surface area contributed by atoms with Crippen LogP contribution in [0.15, 0.2) is 48.5 Å². The quantitative estimate of drug-likeness (QED) is 0.824. The summed E-state index contributed by atoms with van der Waals surface area (Å²) in [5.41, 5.74) is 4.29. The molecule has 0 aliphatic rings. The van der Waals surface area contributed by atoms with Gasteiger partial charge >= 0.3 is 0 Å². The molecule has 0 saturated carbocycles. The van der Waals surface area contributed by atoms with E-state index >= 15 is 0 Å². The molecule has 4 nitrogen and oxygen atoms in total. The van der Waals surface area contributed by atoms with Crippen LogP contribution < -0.4 is 10.0 Å². The van der Waals surface area contributed by atoms with E-state index in [0.717, 1.165) is 17.7 Å². The van der Waals surface area contributed by atoms with Gasteiger partial charge in [-0.1, -0.05) is 54.1 Å². The van der Waals surface area contributed by atoms with Crippen molar-refractivity contribution in [2.75, 3.05) is 7.05 Å². The highest BCUT2D eigenvalue weighted by Crippen LogP contribution is 2.12. The monoisotopic (exact) mass is 318 g/mol. The van der Waals surface area contributed by atoms with E-state index in [2.05, 4.69) is 41.2 Å². The first kappa shape index (κ1) is 16.7. The van der Waals surface area contributed by atoms with Gasteiger partial charge in [0.25, 0.3) is 0 Å². The average molecular weight is 318 g/mol. The lowest BCUT2D eigenvalue weighted by atomic mass is 10.1. The minimum atomic E-state index is -3.25. The van der Waals surface area contributed by atoms with E-state index < -0.39 is 10.0 Å². The molecule has 0 heterocycles. The minimum absolute atomic E-state index is 0.00584. The van der Waals surface area contributed by atoms with Crippen LogP contribution in [0.5, 0.6) is 0 Å². The first-order valence-corrected chi connectivity index (χ1v) is 8.89. The maximum Gasteiger partial charge on any atom is 0.215 e. The molecular weight excluding hydrogens is 296 g/mol. The van der Waals surface area contributed by atoms with E-state index in [9.17, 15) is 8.42 Å². The van der Waals surface area contributed by atoms with Gasteiger partial charge in [-0.3, -0.25) is 0 Å². The highest BCUT2D eigenvalue weighted by Gasteiger charge is 2.11. The van der Waals surface area contributed by atoms with E-state index in [-0.39, 0.29) is 5.75 Å². The smallest absolute Gasteiger partial charge is 0.215 e. The van der Waals surface area contributed by atoms with Gasteiger partial charge < -0.3 is 5.32 Å². The number of benzene rings is 2. The Balaban J connectivity index is 1.99. The number of hydrogen-bond acceptors (Lipinski definition) is 3. The molecule has 0 aromatic heterocycles. The standard InChI is InChI=1S/C17H22N2O2S/c1-14-7-9-15(10-8-14)11-19-12-16-5-3-4-6-17(16)13-22(20,21)18-2/h3-10,18-19H,11-13H2,1-2H3. The second kappa shape index (κ2) is 7.54. The van der Waals surface area contributed by atoms with E-state index in [1.165, 1.54) is 18.2 Å². The van der Waals surface area contributed by atoms with Crippen molar-refractivity contribution in [3.63, 3.8) is 0 Å². The zero-order valence-electron chi connectivity index (χ0n) is 13.0. The second-order valence-electron chi connectivity index (χ2n) is 5.32. The zero-order chi connectivity index (χ0) is 16.0. The fraction of sp³-hybridized carbons (Fsp3) is 0.294. The summed E-state index contributed by atoms with van der Waals surface area (Å²) in [5, 5.41) is 3.37. The van der Waals surface area contributed by atoms with Crippen LogP contribution in [0.1, 0.15) is 22.3 Å². The van der Waals surface area contributed by atoms with Crippen LogP contribution in [0, 0.1) is 6.92 Å². The molecule has 2 aromatic carbocycles. The van der Waals surface area contributed by atoms with Gasteiger partial charge in [-0.25, -0.2) is 13.1 Å². The molecule has 5 heteroatoms. The third-order valence-electron chi connectivity index (χ3n) is 3.54. The lowest BCUT2D eigenvalue weighted by Crippen LogP contribution is -2.22. The molecule has 0 atom stereocenters. The summed E-state index contributed by atoms with van der Waals surface area (Å²) in [6.45, 7) is 3.46. The third-order valence-corrected chi connectivity index (χ3v) is 4.85. The van der Waals surface area contributed by atoms with Crippen molar-refractivity contribution >= 4 is 10.0 Å². The van der Waals surface area contributed by atoms with Crippen LogP contribution >= 0.6 is 0 Å². The predicted octanol–water partition coefficient (Wildman–Crippen LogP) is 2.33. The SMILES string of the molecule is CNS(=O)(=O)Cc1ccccc1CNCc1ccc(C)cc1. The first-order chi connectivity index (χ1) is 10.5. The number of aryl methyl sites for hydroxylation is 1. The average Bonchev–Trinajstić information content (AvgIpc) is 2.51. The zero-order valence-corrected chi connectivity index (χ0v) is 13.8. The van der Waals surface area contributed by atoms with Crippen molar-refractivity contribution in [1.82, 2.24) is 10.0 Å². The van der Waals surface area contributed by atoms with Crippen molar-refractivity contribution in [2.45, 2.75) is 25.8 Å². The number of sulfonamides is 1. The van der Waals surface area contributed by atoms with Crippen molar-refractivity contribution in [2.24, 2.45) is 0 Å². The van der Waals surface area contributed by atoms with Gasteiger partial charge in [-0.05, 0) is 30.7 Å². The molecule has 0 unspecified atom stereocenters. The second-order valence-corrected chi connectivity index (χ2v) is 7.25. The van der Waals surface area contributed by atoms with E-state index in [0.29, 0.717) is 6.54 Å². The van der Waals surface area contributed by atoms with Crippen LogP contribution in [0.2, 0.25) is 0 Å². The topological polar surface area (TPSA) is 58.2 Å². The number of hydrogen-bond donors (Lipinski definition) is 2. The van der Waals surface area contributed by atoms with Crippen LogP contribution in [0.4, 0.5) is 0 Å². The summed E-state index contributed by atoms with van der Waals surface area (Å²) in [7, 11) is -1.82. The van der Waals surface area contributed by atoms with E-state index in [4.69, 9.17) is 0 Å². The summed E-state index contributed by atoms with van der Waals surface area (Å²) in [6.07, 6.45) is 0. The fourth-order valence-electron chi connectivity index (χ4n) is 2.20. The maximum atomic E-state index is 11.7. The molecule has 2 aromatic rings. The Kier molecular flexibility index (Phi) is 5.71. The van der Waals surface area contributed by atoms with Crippen LogP contribution in [0.3, 0.4) is 0 Å². The molecule has 0 aliphatic heterocycles. The van der Waals surface area contributed by atoms with Crippen LogP contribution in [0.25, 0.3) is 0 Å². The lowest BCUT2D eigenvalue weighted by Gasteiger charge is -2.11. The van der Waals surface area contributed by atoms with Gasteiger partial charge in [0, 0.05) is 13.1 Å². The van der Waals surface area contributed by atoms with Crippen molar-refractivity contribution in [3.05, 3.63) is 70.8 Å². The van der Waals surface area contributed by atoms with E-state index in [1.807, 2.05) is 24.3 Å². The summed E-state index contributed by atoms with van der Waals surface area (Å²) < 4.78 is 25.8. The molecular formula is C17H22N2O2S. The largest absolute Gasteiger partial charge is 0.309 e. The molecule has 0 bridgehead atoms. The summed E-state index contributed by atoms with van der Waals surface area (Å²) in [4.78, 5) is 0. The Hall–Kier alpha value is -1.69. The summed E-state index contributed by atoms with van der Waals surface area (Å²) >= 11 is 0. The van der Waals surface area contributed by atoms with Crippen LogP contribution in [-0.2, 0) is 28.9 Å². The normalized spacial score (nSPS) is 11.5. The van der Waals surface area contributed by atoms with Crippen molar-refractivity contribution < 1.29 is 8.42 Å². The molecule has 0 saturated heterocycles. The van der Waals surface area contributed by atoms with E-state index in [1.54, 1.807) is 0 Å². The van der Waals surface area contributed by atoms with Gasteiger partial charge in [0.15, 0.2) is 0 Å². The molecule has 0 radical (unpaired) electrons. The van der Waals surface area contributed by atoms with Crippen LogP contribution in [-0.4, -0.2) is 15.5 Å². The molecule has 0 fully saturated rings. The van der Waals surface area contributed by atoms with Crippen molar-refractivity contribution in [3.8, 4) is 0 Å². The Morgan fingerprint density at radius 1 is 0.909 bits per heavy atom. The number of nitrogens with one attached hydrogen (secondary N) is 2. The Morgan fingerprint density at radius 3 is 2.18 bits per heavy atom. The summed E-state index contributed by atoms with van der Waals surface area (Å²) in [6, 6.07) is 16.0. The molecule has 0 aliphatic carbocycles. The Bertz CT molecular complexity index is 710. The van der Waals surface area contributed by atoms with Gasteiger partial charge in [0.2, 0.25) is 10.0 Å². The molecule has 0 amide bonds. The molecule has 22 heavy (non-hydrogen) atoms. The molecule has 2 N–H and O–H groups in total.